The number of aromatic nitrogens is 2. The van der Waals surface area contributed by atoms with Gasteiger partial charge in [0.25, 0.3) is 0 Å². The first-order chi connectivity index (χ1) is 20.4. The Morgan fingerprint density at radius 1 is 1.14 bits per heavy atom. The van der Waals surface area contributed by atoms with Crippen LogP contribution in [0.15, 0.2) is 77.7 Å². The predicted molar refractivity (Wildman–Crippen MR) is 152 cm³/mol. The Balaban J connectivity index is 1.51. The molecule has 1 saturated heterocycles. The molecule has 1 N–H and O–H groups in total. The lowest BCUT2D eigenvalue weighted by Gasteiger charge is -2.25. The Labute approximate surface area is 247 Å². The highest BCUT2D eigenvalue weighted by Crippen LogP contribution is 2.48. The van der Waals surface area contributed by atoms with Gasteiger partial charge in [0.2, 0.25) is 6.23 Å². The van der Waals surface area contributed by atoms with Crippen molar-refractivity contribution in [2.45, 2.75) is 43.9 Å². The summed E-state index contributed by atoms with van der Waals surface area (Å²) in [5.74, 6) is -4.07. The molecule has 0 saturated carbocycles. The molecular formula is C28H33F2N4O8P. The van der Waals surface area contributed by atoms with Crippen molar-refractivity contribution in [2.24, 2.45) is 0 Å². The van der Waals surface area contributed by atoms with E-state index in [1.165, 1.54) is 25.1 Å². The molecule has 43 heavy (non-hydrogen) atoms. The van der Waals surface area contributed by atoms with Crippen LogP contribution >= 0.6 is 7.75 Å². The minimum atomic E-state index is -4.41. The van der Waals surface area contributed by atoms with Crippen LogP contribution in [0.1, 0.15) is 18.7 Å². The second kappa shape index (κ2) is 13.7. The topological polar surface area (TPSA) is 130 Å². The zero-order valence-corrected chi connectivity index (χ0v) is 24.9. The summed E-state index contributed by atoms with van der Waals surface area (Å²) in [5, 5.41) is 2.51. The third-order valence-corrected chi connectivity index (χ3v) is 8.08. The van der Waals surface area contributed by atoms with Gasteiger partial charge in [0.15, 0.2) is 6.10 Å². The highest BCUT2D eigenvalue weighted by Gasteiger charge is 2.61. The maximum Gasteiger partial charge on any atom is 0.459 e. The summed E-state index contributed by atoms with van der Waals surface area (Å²) in [6, 6.07) is 17.1. The number of ether oxygens (including phenoxy) is 3. The van der Waals surface area contributed by atoms with Gasteiger partial charge in [-0.05, 0) is 30.7 Å². The first-order valence-corrected chi connectivity index (χ1v) is 14.8. The summed E-state index contributed by atoms with van der Waals surface area (Å²) in [6.45, 7) is 0.649. The molecule has 0 aliphatic carbocycles. The van der Waals surface area contributed by atoms with Crippen molar-refractivity contribution in [2.75, 3.05) is 32.7 Å². The van der Waals surface area contributed by atoms with Crippen molar-refractivity contribution >= 4 is 19.5 Å². The number of carbonyl (C=O) groups is 1. The van der Waals surface area contributed by atoms with Gasteiger partial charge in [0.1, 0.15) is 30.3 Å². The van der Waals surface area contributed by atoms with Crippen LogP contribution in [0.25, 0.3) is 0 Å². The Kier molecular flexibility index (Phi) is 10.3. The van der Waals surface area contributed by atoms with E-state index in [2.05, 4.69) is 10.1 Å². The van der Waals surface area contributed by atoms with E-state index in [-0.39, 0.29) is 18.2 Å². The number of alkyl halides is 2. The number of nitrogens with one attached hydrogen (secondary N) is 1. The first kappa shape index (κ1) is 32.2. The molecule has 12 nitrogen and oxygen atoms in total. The van der Waals surface area contributed by atoms with Crippen LogP contribution in [0.4, 0.5) is 14.6 Å². The highest BCUT2D eigenvalue weighted by molar-refractivity contribution is 7.52. The Hall–Kier alpha value is -3.68. The predicted octanol–water partition coefficient (Wildman–Crippen LogP) is 3.78. The van der Waals surface area contributed by atoms with Gasteiger partial charge in [0, 0.05) is 27.4 Å². The van der Waals surface area contributed by atoms with E-state index in [0.29, 0.717) is 4.57 Å². The maximum absolute atomic E-state index is 15.5. The summed E-state index contributed by atoms with van der Waals surface area (Å²) in [6.07, 6.45) is -4.33. The van der Waals surface area contributed by atoms with Crippen LogP contribution in [0.3, 0.4) is 0 Å². The summed E-state index contributed by atoms with van der Waals surface area (Å²) in [5.41, 5.74) is -0.219. The molecule has 5 atom stereocenters. The summed E-state index contributed by atoms with van der Waals surface area (Å²) in [7, 11) is -0.0673. The average Bonchev–Trinajstić information content (AvgIpc) is 3.24. The molecule has 15 heteroatoms. The van der Waals surface area contributed by atoms with Crippen LogP contribution in [-0.2, 0) is 34.7 Å². The normalized spacial score (nSPS) is 21.5. The molecule has 1 aromatic heterocycles. The summed E-state index contributed by atoms with van der Waals surface area (Å²) < 4.78 is 72.5. The molecule has 0 radical (unpaired) electrons. The standard InChI is InChI=1S/C28H33F2N4O8P/c1-19(25(35)39-17-20-11-7-5-8-12-20)32-43(37,42-21-13-9-6-10-14-21)40-18-22-24(38-4)28(29,30)26(41-22)34-16-15-23(33(2)3)31-27(34)36/h5-16,19,22,24,26H,17-18H2,1-4H3,(H,32,37). The molecule has 3 aromatic rings. The van der Waals surface area contributed by atoms with Gasteiger partial charge in [-0.15, -0.1) is 0 Å². The van der Waals surface area contributed by atoms with E-state index in [9.17, 15) is 14.2 Å². The van der Waals surface area contributed by atoms with Crippen molar-refractivity contribution < 1.29 is 41.4 Å². The number of hydrogen-bond acceptors (Lipinski definition) is 10. The van der Waals surface area contributed by atoms with E-state index >= 15 is 8.78 Å². The lowest BCUT2D eigenvalue weighted by atomic mass is 10.1. The zero-order chi connectivity index (χ0) is 31.2. The molecule has 232 valence electrons. The van der Waals surface area contributed by atoms with Gasteiger partial charge in [-0.25, -0.2) is 9.36 Å². The van der Waals surface area contributed by atoms with E-state index < -0.39 is 56.4 Å². The van der Waals surface area contributed by atoms with Gasteiger partial charge in [-0.2, -0.15) is 18.9 Å². The van der Waals surface area contributed by atoms with Gasteiger partial charge >= 0.3 is 25.3 Å². The molecule has 5 unspecified atom stereocenters. The second-order valence-electron chi connectivity index (χ2n) is 9.87. The lowest BCUT2D eigenvalue weighted by molar-refractivity contribution is -0.147. The van der Waals surface area contributed by atoms with Crippen molar-refractivity contribution in [1.82, 2.24) is 14.6 Å². The van der Waals surface area contributed by atoms with Crippen LogP contribution < -0.4 is 20.2 Å². The molecular weight excluding hydrogens is 589 g/mol. The van der Waals surface area contributed by atoms with Crippen molar-refractivity contribution in [3.63, 3.8) is 0 Å². The number of para-hydroxylation sites is 1. The number of carbonyl (C=O) groups excluding carboxylic acids is 1. The Bertz CT molecular complexity index is 1480. The number of esters is 1. The Morgan fingerprint density at radius 3 is 2.40 bits per heavy atom. The Morgan fingerprint density at radius 2 is 1.79 bits per heavy atom. The molecule has 0 amide bonds. The zero-order valence-electron chi connectivity index (χ0n) is 24.0. The molecule has 2 aromatic carbocycles. The van der Waals surface area contributed by atoms with Gasteiger partial charge in [-0.1, -0.05) is 48.5 Å². The van der Waals surface area contributed by atoms with Crippen LogP contribution in [0, 0.1) is 0 Å². The molecule has 0 bridgehead atoms. The second-order valence-corrected chi connectivity index (χ2v) is 11.6. The lowest BCUT2D eigenvalue weighted by Crippen LogP contribution is -2.43. The van der Waals surface area contributed by atoms with E-state index in [0.717, 1.165) is 18.9 Å². The van der Waals surface area contributed by atoms with Gasteiger partial charge in [0.05, 0.1) is 6.61 Å². The quantitative estimate of drug-likeness (QED) is 0.221. The smallest absolute Gasteiger partial charge is 0.459 e. The first-order valence-electron chi connectivity index (χ1n) is 13.2. The van der Waals surface area contributed by atoms with Crippen molar-refractivity contribution in [1.29, 1.82) is 0 Å². The molecule has 1 aliphatic heterocycles. The van der Waals surface area contributed by atoms with Gasteiger partial charge < -0.3 is 23.6 Å². The number of hydrogen-bond donors (Lipinski definition) is 1. The van der Waals surface area contributed by atoms with Gasteiger partial charge in [-0.3, -0.25) is 13.9 Å². The minimum Gasteiger partial charge on any atom is -0.460 e. The van der Waals surface area contributed by atoms with Crippen LogP contribution in [-0.4, -0.2) is 67.5 Å². The number of nitrogens with zero attached hydrogens (tertiary/aromatic N) is 3. The van der Waals surface area contributed by atoms with E-state index in [1.54, 1.807) is 61.5 Å². The van der Waals surface area contributed by atoms with Crippen molar-refractivity contribution in [3.8, 4) is 5.75 Å². The SMILES string of the molecule is COC1C(COP(=O)(NC(C)C(=O)OCc2ccccc2)Oc2ccccc2)OC(n2ccc(N(C)C)nc2=O)C1(F)F. The number of benzene rings is 2. The van der Waals surface area contributed by atoms with E-state index in [1.807, 2.05) is 6.07 Å². The number of anilines is 1. The number of rotatable bonds is 13. The maximum atomic E-state index is 15.5. The molecule has 4 rings (SSSR count). The largest absolute Gasteiger partial charge is 0.460 e. The molecule has 2 heterocycles. The molecule has 1 fully saturated rings. The van der Waals surface area contributed by atoms with Crippen molar-refractivity contribution in [3.05, 3.63) is 89.0 Å². The van der Waals surface area contributed by atoms with E-state index in [4.69, 9.17) is 23.3 Å². The summed E-state index contributed by atoms with van der Waals surface area (Å²) in [4.78, 5) is 30.6. The summed E-state index contributed by atoms with van der Waals surface area (Å²) >= 11 is 0. The highest BCUT2D eigenvalue weighted by atomic mass is 31.2. The molecule has 0 spiro atoms. The monoisotopic (exact) mass is 622 g/mol. The average molecular weight is 623 g/mol. The fraction of sp³-hybridized carbons (Fsp3) is 0.393. The van der Waals surface area contributed by atoms with Crippen LogP contribution in [0.2, 0.25) is 0 Å². The molecule has 1 aliphatic rings. The third-order valence-electron chi connectivity index (χ3n) is 6.44. The third kappa shape index (κ3) is 7.84. The van der Waals surface area contributed by atoms with Crippen LogP contribution in [0.5, 0.6) is 5.75 Å². The minimum absolute atomic E-state index is 0.0257. The number of halogens is 2. The fourth-order valence-electron chi connectivity index (χ4n) is 4.26. The fourth-order valence-corrected chi connectivity index (χ4v) is 5.76. The number of methoxy groups -OCH3 is 1.